The first-order valence-corrected chi connectivity index (χ1v) is 12.2. The molecule has 0 saturated carbocycles. The van der Waals surface area contributed by atoms with E-state index in [1.165, 1.54) is 23.5 Å². The maximum absolute atomic E-state index is 13.4. The lowest BCUT2D eigenvalue weighted by molar-refractivity contribution is 0.0949. The number of nitrogens with one attached hydrogen (secondary N) is 1. The van der Waals surface area contributed by atoms with E-state index in [4.69, 9.17) is 4.74 Å². The minimum atomic E-state index is -0.255. The summed E-state index contributed by atoms with van der Waals surface area (Å²) < 4.78 is 18.6. The van der Waals surface area contributed by atoms with Crippen molar-refractivity contribution in [2.75, 3.05) is 13.7 Å². The predicted octanol–water partition coefficient (Wildman–Crippen LogP) is 4.86. The van der Waals surface area contributed by atoms with Gasteiger partial charge in [-0.2, -0.15) is 0 Å². The van der Waals surface area contributed by atoms with Crippen molar-refractivity contribution in [2.45, 2.75) is 26.1 Å². The molecule has 4 rings (SSSR count). The molecular weight excluding hydrogens is 463 g/mol. The van der Waals surface area contributed by atoms with Gasteiger partial charge in [0.2, 0.25) is 0 Å². The Hall–Kier alpha value is -3.62. The van der Waals surface area contributed by atoms with Gasteiger partial charge in [-0.1, -0.05) is 30.3 Å². The van der Waals surface area contributed by atoms with Crippen molar-refractivity contribution in [1.82, 2.24) is 20.2 Å². The predicted molar refractivity (Wildman–Crippen MR) is 135 cm³/mol. The second kappa shape index (κ2) is 12.2. The summed E-state index contributed by atoms with van der Waals surface area (Å²) in [4.78, 5) is 23.6. The number of benzene rings is 2. The van der Waals surface area contributed by atoms with Crippen LogP contribution in [0.1, 0.15) is 32.3 Å². The van der Waals surface area contributed by atoms with E-state index in [0.717, 1.165) is 27.6 Å². The maximum Gasteiger partial charge on any atom is 0.270 e. The number of aromatic nitrogens is 2. The second-order valence-electron chi connectivity index (χ2n) is 8.07. The largest absolute Gasteiger partial charge is 0.497 e. The number of hydrogen-bond acceptors (Lipinski definition) is 6. The highest BCUT2D eigenvalue weighted by Gasteiger charge is 2.15. The number of thiazole rings is 1. The Morgan fingerprint density at radius 2 is 1.71 bits per heavy atom. The number of ether oxygens (including phenoxy) is 1. The zero-order valence-electron chi connectivity index (χ0n) is 19.5. The molecule has 0 radical (unpaired) electrons. The van der Waals surface area contributed by atoms with Crippen LogP contribution in [0.3, 0.4) is 0 Å². The van der Waals surface area contributed by atoms with Gasteiger partial charge < -0.3 is 10.1 Å². The van der Waals surface area contributed by atoms with Crippen LogP contribution in [-0.2, 0) is 26.1 Å². The van der Waals surface area contributed by atoms with E-state index in [0.29, 0.717) is 38.3 Å². The summed E-state index contributed by atoms with van der Waals surface area (Å²) >= 11 is 1.46. The molecule has 2 aromatic carbocycles. The lowest BCUT2D eigenvalue weighted by Gasteiger charge is -2.21. The van der Waals surface area contributed by atoms with Crippen LogP contribution in [0.5, 0.6) is 5.75 Å². The molecule has 4 aromatic rings. The molecular formula is C27H27FN4O2S. The molecule has 1 amide bonds. The number of carbonyl (C=O) groups is 1. The van der Waals surface area contributed by atoms with Crippen molar-refractivity contribution in [3.8, 4) is 5.75 Å². The minimum absolute atomic E-state index is 0.191. The molecule has 2 aromatic heterocycles. The molecule has 8 heteroatoms. The van der Waals surface area contributed by atoms with Crippen LogP contribution in [0.2, 0.25) is 0 Å². The van der Waals surface area contributed by atoms with Gasteiger partial charge >= 0.3 is 0 Å². The van der Waals surface area contributed by atoms with E-state index in [9.17, 15) is 9.18 Å². The highest BCUT2D eigenvalue weighted by atomic mass is 32.1. The van der Waals surface area contributed by atoms with Crippen LogP contribution in [0, 0.1) is 5.82 Å². The fraction of sp³-hybridized carbons (Fsp3) is 0.222. The highest BCUT2D eigenvalue weighted by Crippen LogP contribution is 2.19. The number of amides is 1. The maximum atomic E-state index is 13.4. The van der Waals surface area contributed by atoms with Crippen molar-refractivity contribution >= 4 is 17.2 Å². The van der Waals surface area contributed by atoms with Gasteiger partial charge in [0, 0.05) is 43.3 Å². The Balaban J connectivity index is 1.39. The van der Waals surface area contributed by atoms with Gasteiger partial charge in [0.25, 0.3) is 5.91 Å². The molecule has 0 aliphatic carbocycles. The average Bonchev–Trinajstić information content (AvgIpc) is 3.35. The third-order valence-corrected chi connectivity index (χ3v) is 6.25. The van der Waals surface area contributed by atoms with Gasteiger partial charge in [0.15, 0.2) is 0 Å². The molecule has 0 aliphatic heterocycles. The summed E-state index contributed by atoms with van der Waals surface area (Å²) in [5.41, 5.74) is 3.47. The Morgan fingerprint density at radius 1 is 1.00 bits per heavy atom. The first-order chi connectivity index (χ1) is 17.1. The van der Waals surface area contributed by atoms with Crippen molar-refractivity contribution < 1.29 is 13.9 Å². The van der Waals surface area contributed by atoms with Gasteiger partial charge in [-0.05, 0) is 47.5 Å². The van der Waals surface area contributed by atoms with E-state index in [1.54, 1.807) is 30.8 Å². The average molecular weight is 491 g/mol. The van der Waals surface area contributed by atoms with E-state index >= 15 is 0 Å². The van der Waals surface area contributed by atoms with E-state index in [2.05, 4.69) is 20.2 Å². The zero-order chi connectivity index (χ0) is 24.5. The molecule has 0 unspecified atom stereocenters. The third-order valence-electron chi connectivity index (χ3n) is 5.42. The lowest BCUT2D eigenvalue weighted by atomic mass is 10.1. The summed E-state index contributed by atoms with van der Waals surface area (Å²) in [6, 6.07) is 20.2. The Bertz CT molecular complexity index is 1210. The van der Waals surface area contributed by atoms with Crippen LogP contribution in [0.25, 0.3) is 0 Å². The molecule has 35 heavy (non-hydrogen) atoms. The molecule has 0 aliphatic rings. The third kappa shape index (κ3) is 7.43. The number of pyridine rings is 1. The molecule has 6 nitrogen and oxygen atoms in total. The summed E-state index contributed by atoms with van der Waals surface area (Å²) in [5.74, 6) is 0.357. The molecule has 0 bridgehead atoms. The van der Waals surface area contributed by atoms with Crippen molar-refractivity contribution in [3.05, 3.63) is 112 Å². The first kappa shape index (κ1) is 24.5. The first-order valence-electron chi connectivity index (χ1n) is 11.3. The summed E-state index contributed by atoms with van der Waals surface area (Å²) in [5, 5.41) is 5.54. The quantitative estimate of drug-likeness (QED) is 0.325. The number of nitrogens with zero attached hydrogens (tertiary/aromatic N) is 3. The minimum Gasteiger partial charge on any atom is -0.497 e. The summed E-state index contributed by atoms with van der Waals surface area (Å²) in [6.07, 6.45) is 2.41. The molecule has 180 valence electrons. The summed E-state index contributed by atoms with van der Waals surface area (Å²) in [6.45, 7) is 2.36. The van der Waals surface area contributed by atoms with E-state index in [-0.39, 0.29) is 11.7 Å². The SMILES string of the molecule is COc1ccc(CN(Cc2ccc(F)cc2)Cc2nc(C(=O)NCCc3ccccn3)cs2)cc1. The molecule has 0 saturated heterocycles. The van der Waals surface area contributed by atoms with Crippen LogP contribution >= 0.6 is 11.3 Å². The number of methoxy groups -OCH3 is 1. The number of rotatable bonds is 11. The fourth-order valence-corrected chi connectivity index (χ4v) is 4.44. The van der Waals surface area contributed by atoms with Gasteiger partial charge in [-0.3, -0.25) is 14.7 Å². The highest BCUT2D eigenvalue weighted by molar-refractivity contribution is 7.09. The van der Waals surface area contributed by atoms with Gasteiger partial charge in [0.05, 0.1) is 13.7 Å². The molecule has 1 N–H and O–H groups in total. The second-order valence-corrected chi connectivity index (χ2v) is 9.02. The Morgan fingerprint density at radius 3 is 2.37 bits per heavy atom. The zero-order valence-corrected chi connectivity index (χ0v) is 20.3. The van der Waals surface area contributed by atoms with E-state index < -0.39 is 0 Å². The number of carbonyl (C=O) groups excluding carboxylic acids is 1. The molecule has 2 heterocycles. The van der Waals surface area contributed by atoms with Crippen LogP contribution in [0.15, 0.2) is 78.3 Å². The lowest BCUT2D eigenvalue weighted by Crippen LogP contribution is -2.26. The summed E-state index contributed by atoms with van der Waals surface area (Å²) in [7, 11) is 1.64. The van der Waals surface area contributed by atoms with Crippen molar-refractivity contribution in [2.24, 2.45) is 0 Å². The van der Waals surface area contributed by atoms with Crippen LogP contribution < -0.4 is 10.1 Å². The van der Waals surface area contributed by atoms with E-state index in [1.807, 2.05) is 42.5 Å². The van der Waals surface area contributed by atoms with Gasteiger partial charge in [-0.25, -0.2) is 9.37 Å². The normalized spacial score (nSPS) is 10.9. The number of hydrogen-bond donors (Lipinski definition) is 1. The monoisotopic (exact) mass is 490 g/mol. The molecule has 0 spiro atoms. The van der Waals surface area contributed by atoms with Gasteiger partial charge in [-0.15, -0.1) is 11.3 Å². The Kier molecular flexibility index (Phi) is 8.53. The van der Waals surface area contributed by atoms with Crippen LogP contribution in [-0.4, -0.2) is 34.4 Å². The molecule has 0 fully saturated rings. The topological polar surface area (TPSA) is 67.3 Å². The van der Waals surface area contributed by atoms with Crippen molar-refractivity contribution in [1.29, 1.82) is 0 Å². The standard InChI is InChI=1S/C27H27FN4O2S/c1-34-24-11-7-21(8-12-24)17-32(16-20-5-9-22(28)10-6-20)18-26-31-25(19-35-26)27(33)30-15-13-23-4-2-3-14-29-23/h2-12,14,19H,13,15-18H2,1H3,(H,30,33). The van der Waals surface area contributed by atoms with Crippen LogP contribution in [0.4, 0.5) is 4.39 Å². The smallest absolute Gasteiger partial charge is 0.270 e. The van der Waals surface area contributed by atoms with Gasteiger partial charge in [0.1, 0.15) is 22.3 Å². The molecule has 0 atom stereocenters. The van der Waals surface area contributed by atoms with Crippen molar-refractivity contribution in [3.63, 3.8) is 0 Å². The number of halogens is 1. The fourth-order valence-electron chi connectivity index (χ4n) is 3.62. The Labute approximate surface area is 208 Å².